The van der Waals surface area contributed by atoms with Crippen molar-refractivity contribution < 1.29 is 0 Å². The van der Waals surface area contributed by atoms with Gasteiger partial charge in [-0.3, -0.25) is 4.98 Å². The molecule has 1 aromatic heterocycles. The van der Waals surface area contributed by atoms with E-state index in [2.05, 4.69) is 11.1 Å². The van der Waals surface area contributed by atoms with Gasteiger partial charge in [0.1, 0.15) is 0 Å². The Morgan fingerprint density at radius 1 is 1.50 bits per heavy atom. The van der Waals surface area contributed by atoms with Crippen LogP contribution in [0.15, 0.2) is 24.5 Å². The summed E-state index contributed by atoms with van der Waals surface area (Å²) < 4.78 is 0. The van der Waals surface area contributed by atoms with Gasteiger partial charge in [0.05, 0.1) is 12.0 Å². The second-order valence-electron chi connectivity index (χ2n) is 2.13. The Morgan fingerprint density at radius 3 is 2.60 bits per heavy atom. The van der Waals surface area contributed by atoms with Crippen molar-refractivity contribution >= 4 is 0 Å². The molecule has 1 rings (SSSR count). The Morgan fingerprint density at radius 2 is 2.10 bits per heavy atom. The average molecular weight is 132 g/mol. The number of aromatic nitrogens is 1. The van der Waals surface area contributed by atoms with Crippen molar-refractivity contribution in [3.63, 3.8) is 0 Å². The van der Waals surface area contributed by atoms with Crippen molar-refractivity contribution in [1.29, 1.82) is 5.26 Å². The summed E-state index contributed by atoms with van der Waals surface area (Å²) in [5, 5.41) is 8.52. The molecule has 0 amide bonds. The minimum absolute atomic E-state index is 0.0250. The van der Waals surface area contributed by atoms with E-state index in [1.54, 1.807) is 12.4 Å². The standard InChI is InChI=1S/C8H8N2/c1-7(6-9)8-2-4-10-5-3-8/h2-5,7H,1H3/t7-/m0/s1. The highest BCUT2D eigenvalue weighted by molar-refractivity contribution is 5.20. The Balaban J connectivity index is 2.88. The van der Waals surface area contributed by atoms with Crippen LogP contribution in [-0.2, 0) is 0 Å². The van der Waals surface area contributed by atoms with E-state index in [4.69, 9.17) is 5.26 Å². The van der Waals surface area contributed by atoms with Crippen LogP contribution in [0.5, 0.6) is 0 Å². The molecule has 0 radical (unpaired) electrons. The lowest BCUT2D eigenvalue weighted by atomic mass is 10.1. The van der Waals surface area contributed by atoms with Crippen LogP contribution < -0.4 is 0 Å². The maximum atomic E-state index is 8.52. The lowest BCUT2D eigenvalue weighted by Gasteiger charge is -1.98. The van der Waals surface area contributed by atoms with Crippen LogP contribution in [0.1, 0.15) is 18.4 Å². The van der Waals surface area contributed by atoms with Crippen LogP contribution in [0.25, 0.3) is 0 Å². The summed E-state index contributed by atoms with van der Waals surface area (Å²) in [7, 11) is 0. The highest BCUT2D eigenvalue weighted by Gasteiger charge is 2.00. The van der Waals surface area contributed by atoms with E-state index in [9.17, 15) is 0 Å². The van der Waals surface area contributed by atoms with E-state index in [-0.39, 0.29) is 5.92 Å². The molecule has 0 aliphatic heterocycles. The van der Waals surface area contributed by atoms with Crippen LogP contribution >= 0.6 is 0 Å². The molecule has 0 N–H and O–H groups in total. The van der Waals surface area contributed by atoms with Crippen molar-refractivity contribution in [3.05, 3.63) is 30.1 Å². The summed E-state index contributed by atoms with van der Waals surface area (Å²) >= 11 is 0. The van der Waals surface area contributed by atoms with Crippen molar-refractivity contribution in [1.82, 2.24) is 4.98 Å². The number of hydrogen-bond donors (Lipinski definition) is 0. The van der Waals surface area contributed by atoms with Gasteiger partial charge >= 0.3 is 0 Å². The second kappa shape index (κ2) is 2.98. The smallest absolute Gasteiger partial charge is 0.0700 e. The minimum Gasteiger partial charge on any atom is -0.265 e. The number of nitrogens with zero attached hydrogens (tertiary/aromatic N) is 2. The van der Waals surface area contributed by atoms with Gasteiger partial charge in [0.25, 0.3) is 0 Å². The maximum Gasteiger partial charge on any atom is 0.0700 e. The third-order valence-corrected chi connectivity index (χ3v) is 1.40. The summed E-state index contributed by atoms with van der Waals surface area (Å²) in [4.78, 5) is 3.85. The number of nitriles is 1. The van der Waals surface area contributed by atoms with Gasteiger partial charge in [0.15, 0.2) is 0 Å². The SMILES string of the molecule is C[C@@H](C#N)c1ccncc1. The van der Waals surface area contributed by atoms with Crippen molar-refractivity contribution in [2.45, 2.75) is 12.8 Å². The molecule has 0 aliphatic rings. The monoisotopic (exact) mass is 132 g/mol. The molecule has 1 aromatic rings. The molecule has 50 valence electrons. The Kier molecular flexibility index (Phi) is 2.01. The zero-order chi connectivity index (χ0) is 7.40. The number of hydrogen-bond acceptors (Lipinski definition) is 2. The maximum absolute atomic E-state index is 8.52. The molecule has 0 fully saturated rings. The van der Waals surface area contributed by atoms with E-state index in [0.717, 1.165) is 5.56 Å². The molecule has 0 unspecified atom stereocenters. The predicted molar refractivity (Wildman–Crippen MR) is 38.3 cm³/mol. The lowest BCUT2D eigenvalue weighted by Crippen LogP contribution is -1.87. The van der Waals surface area contributed by atoms with Gasteiger partial charge in [-0.1, -0.05) is 0 Å². The number of pyridine rings is 1. The van der Waals surface area contributed by atoms with Gasteiger partial charge in [-0.05, 0) is 24.6 Å². The van der Waals surface area contributed by atoms with Gasteiger partial charge in [-0.15, -0.1) is 0 Å². The highest BCUT2D eigenvalue weighted by Crippen LogP contribution is 2.10. The Bertz CT molecular complexity index is 235. The van der Waals surface area contributed by atoms with Crippen molar-refractivity contribution in [2.24, 2.45) is 0 Å². The van der Waals surface area contributed by atoms with Crippen LogP contribution in [0.4, 0.5) is 0 Å². The summed E-state index contributed by atoms with van der Waals surface area (Å²) in [5.41, 5.74) is 1.03. The molecule has 2 heteroatoms. The number of rotatable bonds is 1. The molecule has 1 heterocycles. The Hall–Kier alpha value is -1.36. The lowest BCUT2D eigenvalue weighted by molar-refractivity contribution is 0.975. The molecule has 10 heavy (non-hydrogen) atoms. The minimum atomic E-state index is -0.0250. The van der Waals surface area contributed by atoms with Gasteiger partial charge in [-0.25, -0.2) is 0 Å². The van der Waals surface area contributed by atoms with Gasteiger partial charge in [-0.2, -0.15) is 5.26 Å². The second-order valence-corrected chi connectivity index (χ2v) is 2.13. The fraction of sp³-hybridized carbons (Fsp3) is 0.250. The highest BCUT2D eigenvalue weighted by atomic mass is 14.6. The van der Waals surface area contributed by atoms with Crippen LogP contribution in [-0.4, -0.2) is 4.98 Å². The summed E-state index contributed by atoms with van der Waals surface area (Å²) in [6.07, 6.45) is 3.40. The average Bonchev–Trinajstić information content (AvgIpc) is 2.05. The third kappa shape index (κ3) is 1.32. The van der Waals surface area contributed by atoms with E-state index in [1.165, 1.54) is 0 Å². The molecular weight excluding hydrogens is 124 g/mol. The Labute approximate surface area is 60.1 Å². The van der Waals surface area contributed by atoms with Gasteiger partial charge in [0, 0.05) is 12.4 Å². The molecule has 0 saturated carbocycles. The first kappa shape index (κ1) is 6.76. The topological polar surface area (TPSA) is 36.7 Å². The van der Waals surface area contributed by atoms with Crippen LogP contribution in [0.3, 0.4) is 0 Å². The first-order chi connectivity index (χ1) is 4.84. The summed E-state index contributed by atoms with van der Waals surface area (Å²) in [5.74, 6) is -0.0250. The van der Waals surface area contributed by atoms with E-state index in [1.807, 2.05) is 19.1 Å². The fourth-order valence-electron chi connectivity index (χ4n) is 0.727. The fourth-order valence-corrected chi connectivity index (χ4v) is 0.727. The zero-order valence-electron chi connectivity index (χ0n) is 5.78. The van der Waals surface area contributed by atoms with Crippen LogP contribution in [0.2, 0.25) is 0 Å². The molecule has 1 atom stereocenters. The third-order valence-electron chi connectivity index (χ3n) is 1.40. The zero-order valence-corrected chi connectivity index (χ0v) is 5.78. The molecule has 0 saturated heterocycles. The van der Waals surface area contributed by atoms with E-state index >= 15 is 0 Å². The quantitative estimate of drug-likeness (QED) is 0.583. The first-order valence-electron chi connectivity index (χ1n) is 3.14. The van der Waals surface area contributed by atoms with Gasteiger partial charge in [0.2, 0.25) is 0 Å². The molecule has 0 aliphatic carbocycles. The summed E-state index contributed by atoms with van der Waals surface area (Å²) in [6, 6.07) is 5.86. The van der Waals surface area contributed by atoms with Crippen molar-refractivity contribution in [3.8, 4) is 6.07 Å². The van der Waals surface area contributed by atoms with Crippen LogP contribution in [0, 0.1) is 11.3 Å². The van der Waals surface area contributed by atoms with Gasteiger partial charge < -0.3 is 0 Å². The molecule has 0 aromatic carbocycles. The van der Waals surface area contributed by atoms with E-state index < -0.39 is 0 Å². The van der Waals surface area contributed by atoms with Crippen molar-refractivity contribution in [2.75, 3.05) is 0 Å². The molecule has 0 bridgehead atoms. The predicted octanol–water partition coefficient (Wildman–Crippen LogP) is 1.71. The van der Waals surface area contributed by atoms with E-state index in [0.29, 0.717) is 0 Å². The normalized spacial score (nSPS) is 12.0. The molecule has 2 nitrogen and oxygen atoms in total. The molecular formula is C8H8N2. The first-order valence-corrected chi connectivity index (χ1v) is 3.14. The molecule has 0 spiro atoms. The summed E-state index contributed by atoms with van der Waals surface area (Å²) in [6.45, 7) is 1.87. The largest absolute Gasteiger partial charge is 0.265 e.